The lowest BCUT2D eigenvalue weighted by Gasteiger charge is -2.20. The highest BCUT2D eigenvalue weighted by atomic mass is 19.1. The number of ether oxygens (including phenoxy) is 2. The fraction of sp³-hybridized carbons (Fsp3) is 0.333. The van der Waals surface area contributed by atoms with Crippen LogP contribution >= 0.6 is 0 Å². The van der Waals surface area contributed by atoms with E-state index in [0.29, 0.717) is 23.7 Å². The first-order valence-electron chi connectivity index (χ1n) is 10.9. The van der Waals surface area contributed by atoms with E-state index < -0.39 is 35.3 Å². The van der Waals surface area contributed by atoms with Crippen LogP contribution in [0.25, 0.3) is 10.9 Å². The molecular weight excluding hydrogens is 462 g/mol. The number of nitrogens with one attached hydrogen (secondary N) is 2. The van der Waals surface area contributed by atoms with Gasteiger partial charge in [-0.1, -0.05) is 0 Å². The molecule has 1 heterocycles. The number of phenolic OH excluding ortho intramolecular Hbond substituents is 1. The molecule has 1 aliphatic rings. The van der Waals surface area contributed by atoms with E-state index in [1.807, 2.05) is 0 Å². The van der Waals surface area contributed by atoms with E-state index >= 15 is 0 Å². The SMILES string of the molecule is COc1cc2ncnc(Oc3ccc(NC(=O)C4(C(=O)NC(C)[C@@H](C)F)CC4)cc3F)c2cc1O. The molecule has 1 saturated carbocycles. The number of carbonyl (C=O) groups is 2. The summed E-state index contributed by atoms with van der Waals surface area (Å²) >= 11 is 0. The number of aromatic hydroxyl groups is 1. The van der Waals surface area contributed by atoms with E-state index in [9.17, 15) is 23.5 Å². The Balaban J connectivity index is 1.50. The van der Waals surface area contributed by atoms with Gasteiger partial charge >= 0.3 is 0 Å². The molecule has 1 aliphatic carbocycles. The number of anilines is 1. The molecule has 1 aromatic heterocycles. The van der Waals surface area contributed by atoms with Gasteiger partial charge in [0, 0.05) is 17.8 Å². The molecule has 3 N–H and O–H groups in total. The van der Waals surface area contributed by atoms with Crippen LogP contribution in [0, 0.1) is 11.2 Å². The maximum absolute atomic E-state index is 14.8. The average molecular weight is 486 g/mol. The zero-order valence-electron chi connectivity index (χ0n) is 19.3. The first kappa shape index (κ1) is 24.1. The molecule has 184 valence electrons. The number of nitrogens with zero attached hydrogens (tertiary/aromatic N) is 2. The third-order valence-corrected chi connectivity index (χ3v) is 5.96. The highest BCUT2D eigenvalue weighted by molar-refractivity contribution is 6.13. The highest BCUT2D eigenvalue weighted by Gasteiger charge is 2.56. The molecule has 2 amide bonds. The van der Waals surface area contributed by atoms with Crippen LogP contribution in [0.1, 0.15) is 26.7 Å². The van der Waals surface area contributed by atoms with Gasteiger partial charge < -0.3 is 25.2 Å². The van der Waals surface area contributed by atoms with Crippen LogP contribution < -0.4 is 20.1 Å². The minimum Gasteiger partial charge on any atom is -0.504 e. The lowest BCUT2D eigenvalue weighted by molar-refractivity contribution is -0.135. The number of carbonyl (C=O) groups excluding carboxylic acids is 2. The van der Waals surface area contributed by atoms with Crippen molar-refractivity contribution in [2.45, 2.75) is 38.9 Å². The molecule has 3 aromatic rings. The smallest absolute Gasteiger partial charge is 0.240 e. The topological polar surface area (TPSA) is 123 Å². The van der Waals surface area contributed by atoms with Gasteiger partial charge in [-0.25, -0.2) is 18.7 Å². The van der Waals surface area contributed by atoms with Crippen molar-refractivity contribution in [3.05, 3.63) is 42.5 Å². The van der Waals surface area contributed by atoms with Crippen LogP contribution in [0.15, 0.2) is 36.7 Å². The van der Waals surface area contributed by atoms with E-state index in [-0.39, 0.29) is 28.8 Å². The first-order chi connectivity index (χ1) is 16.6. The maximum atomic E-state index is 14.8. The van der Waals surface area contributed by atoms with Crippen molar-refractivity contribution in [1.29, 1.82) is 0 Å². The number of hydrogen-bond acceptors (Lipinski definition) is 7. The van der Waals surface area contributed by atoms with Crippen molar-refractivity contribution < 1.29 is 33.0 Å². The van der Waals surface area contributed by atoms with Crippen LogP contribution in [0.3, 0.4) is 0 Å². The predicted molar refractivity (Wildman–Crippen MR) is 123 cm³/mol. The number of rotatable bonds is 8. The number of fused-ring (bicyclic) bond motifs is 1. The number of halogens is 2. The van der Waals surface area contributed by atoms with Crippen LogP contribution in [-0.4, -0.2) is 46.2 Å². The first-order valence-corrected chi connectivity index (χ1v) is 10.9. The van der Waals surface area contributed by atoms with Crippen LogP contribution in [-0.2, 0) is 9.59 Å². The zero-order chi connectivity index (χ0) is 25.3. The van der Waals surface area contributed by atoms with E-state index in [2.05, 4.69) is 20.6 Å². The second-order valence-corrected chi connectivity index (χ2v) is 8.44. The summed E-state index contributed by atoms with van der Waals surface area (Å²) in [5.41, 5.74) is -0.753. The summed E-state index contributed by atoms with van der Waals surface area (Å²) in [6.07, 6.45) is 0.600. The average Bonchev–Trinajstić information content (AvgIpc) is 3.63. The summed E-state index contributed by atoms with van der Waals surface area (Å²) in [7, 11) is 1.40. The van der Waals surface area contributed by atoms with Crippen molar-refractivity contribution >= 4 is 28.4 Å². The summed E-state index contributed by atoms with van der Waals surface area (Å²) in [5, 5.41) is 15.5. The third-order valence-electron chi connectivity index (χ3n) is 5.96. The number of amides is 2. The van der Waals surface area contributed by atoms with Crippen LogP contribution in [0.5, 0.6) is 23.1 Å². The number of benzene rings is 2. The molecule has 2 atom stereocenters. The normalized spacial score (nSPS) is 15.7. The standard InChI is InChI=1S/C24H24F2N4O5/c1-12(25)13(2)29-22(32)24(6-7-24)23(33)30-14-4-5-19(16(26)8-14)35-21-15-9-18(31)20(34-3)10-17(15)27-11-28-21/h4-5,8-13,31H,6-7H2,1-3H3,(H,29,32)(H,30,33)/t12-,13?/m1/s1. The fourth-order valence-corrected chi connectivity index (χ4v) is 3.45. The fourth-order valence-electron chi connectivity index (χ4n) is 3.45. The quantitative estimate of drug-likeness (QED) is 0.413. The maximum Gasteiger partial charge on any atom is 0.240 e. The van der Waals surface area contributed by atoms with Crippen molar-refractivity contribution in [1.82, 2.24) is 15.3 Å². The summed E-state index contributed by atoms with van der Waals surface area (Å²) in [4.78, 5) is 33.3. The molecule has 35 heavy (non-hydrogen) atoms. The molecule has 0 radical (unpaired) electrons. The molecule has 0 bridgehead atoms. The van der Waals surface area contributed by atoms with E-state index in [1.165, 1.54) is 51.6 Å². The molecule has 4 rings (SSSR count). The Labute approximate surface area is 199 Å². The summed E-state index contributed by atoms with van der Waals surface area (Å²) < 4.78 is 38.9. The van der Waals surface area contributed by atoms with Crippen LogP contribution in [0.2, 0.25) is 0 Å². The number of phenols is 1. The minimum atomic E-state index is -1.29. The minimum absolute atomic E-state index is 0.00783. The second-order valence-electron chi connectivity index (χ2n) is 8.44. The lowest BCUT2D eigenvalue weighted by Crippen LogP contribution is -2.46. The Morgan fingerprint density at radius 1 is 1.11 bits per heavy atom. The molecule has 11 heteroatoms. The van der Waals surface area contributed by atoms with Crippen LogP contribution in [0.4, 0.5) is 14.5 Å². The Bertz CT molecular complexity index is 1300. The Morgan fingerprint density at radius 2 is 1.86 bits per heavy atom. The van der Waals surface area contributed by atoms with Gasteiger partial charge in [-0.3, -0.25) is 9.59 Å². The van der Waals surface area contributed by atoms with Gasteiger partial charge in [0.05, 0.1) is 24.1 Å². The summed E-state index contributed by atoms with van der Waals surface area (Å²) in [6.45, 7) is 2.84. The van der Waals surface area contributed by atoms with E-state index in [1.54, 1.807) is 0 Å². The van der Waals surface area contributed by atoms with E-state index in [4.69, 9.17) is 9.47 Å². The second kappa shape index (κ2) is 9.32. The van der Waals surface area contributed by atoms with Gasteiger partial charge in [0.25, 0.3) is 0 Å². The van der Waals surface area contributed by atoms with Crippen molar-refractivity contribution in [3.8, 4) is 23.1 Å². The Hall–Kier alpha value is -4.02. The van der Waals surface area contributed by atoms with Gasteiger partial charge in [-0.2, -0.15) is 0 Å². The summed E-state index contributed by atoms with van der Waals surface area (Å²) in [6, 6.07) is 5.88. The number of aromatic nitrogens is 2. The molecule has 9 nitrogen and oxygen atoms in total. The van der Waals surface area contributed by atoms with Crippen molar-refractivity contribution in [2.75, 3.05) is 12.4 Å². The molecule has 1 fully saturated rings. The summed E-state index contributed by atoms with van der Waals surface area (Å²) in [5.74, 6) is -2.05. The predicted octanol–water partition coefficient (Wildman–Crippen LogP) is 3.86. The molecule has 0 saturated heterocycles. The Kier molecular flexibility index (Phi) is 6.42. The Morgan fingerprint density at radius 3 is 2.49 bits per heavy atom. The third kappa shape index (κ3) is 4.79. The number of hydrogen-bond donors (Lipinski definition) is 3. The number of methoxy groups -OCH3 is 1. The van der Waals surface area contributed by atoms with Crippen molar-refractivity contribution in [2.24, 2.45) is 5.41 Å². The van der Waals surface area contributed by atoms with Gasteiger partial charge in [-0.15, -0.1) is 0 Å². The molecule has 2 aromatic carbocycles. The lowest BCUT2D eigenvalue weighted by atomic mass is 10.0. The molecular formula is C24H24F2N4O5. The monoisotopic (exact) mass is 486 g/mol. The highest BCUT2D eigenvalue weighted by Crippen LogP contribution is 2.47. The van der Waals surface area contributed by atoms with Gasteiger partial charge in [0.2, 0.25) is 17.7 Å². The molecule has 1 unspecified atom stereocenters. The van der Waals surface area contributed by atoms with Gasteiger partial charge in [0.15, 0.2) is 23.1 Å². The zero-order valence-corrected chi connectivity index (χ0v) is 19.3. The molecule has 0 spiro atoms. The van der Waals surface area contributed by atoms with Crippen molar-refractivity contribution in [3.63, 3.8) is 0 Å². The largest absolute Gasteiger partial charge is 0.504 e. The molecule has 0 aliphatic heterocycles. The van der Waals surface area contributed by atoms with Gasteiger partial charge in [-0.05, 0) is 44.9 Å². The number of alkyl halides is 1. The van der Waals surface area contributed by atoms with Gasteiger partial charge in [0.1, 0.15) is 17.9 Å². The van der Waals surface area contributed by atoms with E-state index in [0.717, 1.165) is 6.07 Å².